The van der Waals surface area contributed by atoms with Crippen LogP contribution in [0, 0.1) is 0 Å². The van der Waals surface area contributed by atoms with Gasteiger partial charge in [-0.1, -0.05) is 44.2 Å². The molecule has 0 saturated heterocycles. The van der Waals surface area contributed by atoms with Crippen LogP contribution < -0.4 is 4.74 Å². The Hall–Kier alpha value is -1.62. The maximum atomic E-state index is 9.98. The summed E-state index contributed by atoms with van der Waals surface area (Å²) in [7, 11) is 5.59. The van der Waals surface area contributed by atoms with Crippen LogP contribution in [-0.4, -0.2) is 56.6 Å². The summed E-state index contributed by atoms with van der Waals surface area (Å²) in [5.41, 5.74) is 2.55. The highest BCUT2D eigenvalue weighted by Gasteiger charge is 2.18. The van der Waals surface area contributed by atoms with Crippen molar-refractivity contribution in [3.8, 4) is 5.75 Å². The molecule has 0 amide bonds. The Bertz CT molecular complexity index is 566. The Morgan fingerprint density at radius 3 is 2.69 bits per heavy atom. The number of rotatable bonds is 9. The minimum absolute atomic E-state index is 0.0671. The van der Waals surface area contributed by atoms with Crippen LogP contribution in [0.2, 0.25) is 0 Å². The van der Waals surface area contributed by atoms with Crippen molar-refractivity contribution < 1.29 is 14.6 Å². The second-order valence-electron chi connectivity index (χ2n) is 6.50. The van der Waals surface area contributed by atoms with Crippen molar-refractivity contribution in [3.05, 3.63) is 53.6 Å². The van der Waals surface area contributed by atoms with Crippen molar-refractivity contribution in [1.29, 1.82) is 0 Å². The normalized spacial score (nSPS) is 17.3. The molecule has 146 valence electrons. The van der Waals surface area contributed by atoms with Crippen molar-refractivity contribution in [2.24, 2.45) is 0 Å². The third kappa shape index (κ3) is 8.17. The van der Waals surface area contributed by atoms with Gasteiger partial charge in [0.2, 0.25) is 0 Å². The average Bonchev–Trinajstić information content (AvgIpc) is 2.66. The molecule has 2 atom stereocenters. The van der Waals surface area contributed by atoms with Crippen molar-refractivity contribution in [1.82, 2.24) is 4.90 Å². The van der Waals surface area contributed by atoms with E-state index in [1.165, 1.54) is 11.1 Å². The summed E-state index contributed by atoms with van der Waals surface area (Å²) < 4.78 is 11.3. The first kappa shape index (κ1) is 22.4. The molecule has 2 rings (SSSR count). The molecule has 1 aromatic carbocycles. The lowest BCUT2D eigenvalue weighted by Crippen LogP contribution is -2.32. The quantitative estimate of drug-likeness (QED) is 0.725. The first-order valence-corrected chi connectivity index (χ1v) is 9.51. The van der Waals surface area contributed by atoms with E-state index in [1.807, 2.05) is 45.0 Å². The molecule has 2 unspecified atom stereocenters. The van der Waals surface area contributed by atoms with Gasteiger partial charge in [-0.3, -0.25) is 0 Å². The number of hydrogen-bond acceptors (Lipinski definition) is 4. The first-order valence-electron chi connectivity index (χ1n) is 9.51. The number of aliphatic hydroxyl groups excluding tert-OH is 1. The van der Waals surface area contributed by atoms with E-state index in [2.05, 4.69) is 30.4 Å². The molecule has 0 saturated carbocycles. The Balaban J connectivity index is 0.00000163. The highest BCUT2D eigenvalue weighted by Crippen LogP contribution is 2.23. The van der Waals surface area contributed by atoms with Crippen LogP contribution in [0.25, 0.3) is 0 Å². The second-order valence-corrected chi connectivity index (χ2v) is 6.50. The van der Waals surface area contributed by atoms with E-state index in [0.717, 1.165) is 25.0 Å². The van der Waals surface area contributed by atoms with Crippen LogP contribution in [0.1, 0.15) is 32.3 Å². The van der Waals surface area contributed by atoms with Gasteiger partial charge in [0, 0.05) is 6.54 Å². The molecule has 1 aliphatic rings. The van der Waals surface area contributed by atoms with Gasteiger partial charge in [0.25, 0.3) is 0 Å². The van der Waals surface area contributed by atoms with Gasteiger partial charge in [0.1, 0.15) is 5.75 Å². The summed E-state index contributed by atoms with van der Waals surface area (Å²) >= 11 is 0. The zero-order chi connectivity index (χ0) is 19.4. The third-order valence-corrected chi connectivity index (χ3v) is 4.11. The number of hydrogen-bond donors (Lipinski definition) is 1. The number of nitrogens with zero attached hydrogens (tertiary/aromatic N) is 1. The molecule has 0 spiro atoms. The lowest BCUT2D eigenvalue weighted by Gasteiger charge is -2.24. The molecule has 0 aliphatic heterocycles. The van der Waals surface area contributed by atoms with Gasteiger partial charge in [-0.25, -0.2) is 0 Å². The van der Waals surface area contributed by atoms with Gasteiger partial charge in [-0.2, -0.15) is 0 Å². The first-order chi connectivity index (χ1) is 12.6. The molecule has 1 aromatic rings. The van der Waals surface area contributed by atoms with Crippen molar-refractivity contribution in [2.45, 2.75) is 45.3 Å². The lowest BCUT2D eigenvalue weighted by atomic mass is 9.95. The highest BCUT2D eigenvalue weighted by atomic mass is 16.5. The van der Waals surface area contributed by atoms with Crippen LogP contribution >= 0.6 is 0 Å². The van der Waals surface area contributed by atoms with E-state index in [9.17, 15) is 5.11 Å². The summed E-state index contributed by atoms with van der Waals surface area (Å²) in [6, 6.07) is 8.19. The fraction of sp³-hybridized carbons (Fsp3) is 0.545. The predicted molar refractivity (Wildman–Crippen MR) is 109 cm³/mol. The molecular formula is C22H35NO3. The molecule has 1 aliphatic carbocycles. The fourth-order valence-electron chi connectivity index (χ4n) is 2.89. The molecule has 4 heteroatoms. The summed E-state index contributed by atoms with van der Waals surface area (Å²) in [5.74, 6) is 0.893. The van der Waals surface area contributed by atoms with Gasteiger partial charge in [0.15, 0.2) is 0 Å². The van der Waals surface area contributed by atoms with Gasteiger partial charge >= 0.3 is 0 Å². The molecule has 26 heavy (non-hydrogen) atoms. The zero-order valence-corrected chi connectivity index (χ0v) is 16.9. The maximum absolute atomic E-state index is 9.98. The van der Waals surface area contributed by atoms with E-state index in [1.54, 1.807) is 7.11 Å². The Labute approximate surface area is 159 Å². The van der Waals surface area contributed by atoms with Gasteiger partial charge in [-0.05, 0) is 56.6 Å². The summed E-state index contributed by atoms with van der Waals surface area (Å²) in [5, 5.41) is 9.98. The predicted octanol–water partition coefficient (Wildman–Crippen LogP) is 3.85. The van der Waals surface area contributed by atoms with Crippen molar-refractivity contribution in [2.75, 3.05) is 34.4 Å². The number of ether oxygens (including phenoxy) is 2. The molecule has 0 heterocycles. The SMILES string of the molecule is CC.COc1cccc(CCC2=CC=CCC2OCC(O)CN(C)C)c1. The molecule has 0 bridgehead atoms. The largest absolute Gasteiger partial charge is 0.497 e. The van der Waals surface area contributed by atoms with Crippen LogP contribution in [0.5, 0.6) is 5.75 Å². The third-order valence-electron chi connectivity index (χ3n) is 4.11. The van der Waals surface area contributed by atoms with Crippen molar-refractivity contribution in [3.63, 3.8) is 0 Å². The van der Waals surface area contributed by atoms with Gasteiger partial charge in [-0.15, -0.1) is 0 Å². The Morgan fingerprint density at radius 1 is 1.23 bits per heavy atom. The van der Waals surface area contributed by atoms with Gasteiger partial charge < -0.3 is 19.5 Å². The zero-order valence-electron chi connectivity index (χ0n) is 16.9. The Morgan fingerprint density at radius 2 is 2.00 bits per heavy atom. The van der Waals surface area contributed by atoms with Gasteiger partial charge in [0.05, 0.1) is 25.9 Å². The lowest BCUT2D eigenvalue weighted by molar-refractivity contribution is -0.00378. The Kier molecular flexibility index (Phi) is 10.9. The molecule has 0 aromatic heterocycles. The van der Waals surface area contributed by atoms with E-state index in [4.69, 9.17) is 9.47 Å². The second kappa shape index (κ2) is 12.7. The van der Waals surface area contributed by atoms with E-state index < -0.39 is 6.10 Å². The molecular weight excluding hydrogens is 326 g/mol. The average molecular weight is 362 g/mol. The number of likely N-dealkylation sites (N-methyl/N-ethyl adjacent to an activating group) is 1. The smallest absolute Gasteiger partial charge is 0.119 e. The molecule has 4 nitrogen and oxygen atoms in total. The summed E-state index contributed by atoms with van der Waals surface area (Å²) in [4.78, 5) is 1.97. The number of benzene rings is 1. The molecule has 0 fully saturated rings. The number of aryl methyl sites for hydroxylation is 1. The standard InChI is InChI=1S/C20H29NO3.C2H6/c1-21(2)14-18(22)15-24-20-10-5-4-8-17(20)12-11-16-7-6-9-19(13-16)23-3;1-2/h4-9,13,18,20,22H,10-12,14-15H2,1-3H3;1-2H3. The number of methoxy groups -OCH3 is 1. The molecule has 1 N–H and O–H groups in total. The monoisotopic (exact) mass is 361 g/mol. The van der Waals surface area contributed by atoms with E-state index in [0.29, 0.717) is 13.2 Å². The fourth-order valence-corrected chi connectivity index (χ4v) is 2.89. The van der Waals surface area contributed by atoms with Crippen molar-refractivity contribution >= 4 is 0 Å². The topological polar surface area (TPSA) is 41.9 Å². The minimum Gasteiger partial charge on any atom is -0.497 e. The van der Waals surface area contributed by atoms with Crippen LogP contribution in [0.3, 0.4) is 0 Å². The summed E-state index contributed by atoms with van der Waals surface area (Å²) in [6.07, 6.45) is 8.76. The number of allylic oxidation sites excluding steroid dienone is 2. The number of aliphatic hydroxyl groups is 1. The van der Waals surface area contributed by atoms with E-state index in [-0.39, 0.29) is 6.10 Å². The van der Waals surface area contributed by atoms with Crippen LogP contribution in [0.15, 0.2) is 48.1 Å². The highest BCUT2D eigenvalue weighted by molar-refractivity contribution is 5.30. The summed E-state index contributed by atoms with van der Waals surface area (Å²) in [6.45, 7) is 4.98. The molecule has 0 radical (unpaired) electrons. The minimum atomic E-state index is -0.453. The van der Waals surface area contributed by atoms with Crippen LogP contribution in [-0.2, 0) is 11.2 Å². The van der Waals surface area contributed by atoms with Crippen LogP contribution in [0.4, 0.5) is 0 Å². The van der Waals surface area contributed by atoms with E-state index >= 15 is 0 Å². The maximum Gasteiger partial charge on any atom is 0.119 e.